The number of methoxy groups -OCH3 is 1. The van der Waals surface area contributed by atoms with Crippen molar-refractivity contribution in [2.75, 3.05) is 26.5 Å². The van der Waals surface area contributed by atoms with Crippen LogP contribution in [0.5, 0.6) is 5.75 Å². The Labute approximate surface area is 112 Å². The van der Waals surface area contributed by atoms with Crippen molar-refractivity contribution in [1.82, 2.24) is 4.90 Å². The largest absolute Gasteiger partial charge is 0.497 e. The van der Waals surface area contributed by atoms with Gasteiger partial charge in [0.15, 0.2) is 0 Å². The minimum Gasteiger partial charge on any atom is -0.497 e. The quantitative estimate of drug-likeness (QED) is 0.739. The zero-order valence-electron chi connectivity index (χ0n) is 10.5. The Morgan fingerprint density at radius 2 is 2.33 bits per heavy atom. The standard InChI is InChI=1S/C13H16N2O2S/c1-15(8-4-7-14)13(16)10-18-12-6-3-5-11(9-12)17-2/h3,5-6,9H,4,8,10H2,1-2H3. The summed E-state index contributed by atoms with van der Waals surface area (Å²) in [5.41, 5.74) is 0. The smallest absolute Gasteiger partial charge is 0.232 e. The molecule has 0 saturated heterocycles. The van der Waals surface area contributed by atoms with Gasteiger partial charge in [-0.15, -0.1) is 11.8 Å². The highest BCUT2D eigenvalue weighted by Gasteiger charge is 2.08. The van der Waals surface area contributed by atoms with Crippen molar-refractivity contribution in [3.05, 3.63) is 24.3 Å². The number of carbonyl (C=O) groups excluding carboxylic acids is 1. The van der Waals surface area contributed by atoms with Gasteiger partial charge in [-0.3, -0.25) is 4.79 Å². The van der Waals surface area contributed by atoms with Crippen molar-refractivity contribution < 1.29 is 9.53 Å². The molecule has 0 aliphatic heterocycles. The van der Waals surface area contributed by atoms with Crippen molar-refractivity contribution in [2.45, 2.75) is 11.3 Å². The monoisotopic (exact) mass is 264 g/mol. The van der Waals surface area contributed by atoms with E-state index in [1.807, 2.05) is 30.3 Å². The third kappa shape index (κ3) is 4.68. The highest BCUT2D eigenvalue weighted by Crippen LogP contribution is 2.22. The molecule has 96 valence electrons. The minimum atomic E-state index is 0.0260. The van der Waals surface area contributed by atoms with E-state index in [-0.39, 0.29) is 5.91 Å². The molecule has 0 fully saturated rings. The predicted octanol–water partition coefficient (Wildman–Crippen LogP) is 2.16. The molecule has 5 heteroatoms. The van der Waals surface area contributed by atoms with Crippen LogP contribution < -0.4 is 4.74 Å². The molecule has 0 aliphatic rings. The van der Waals surface area contributed by atoms with Crippen molar-refractivity contribution in [3.63, 3.8) is 0 Å². The molecule has 1 aromatic rings. The highest BCUT2D eigenvalue weighted by atomic mass is 32.2. The summed E-state index contributed by atoms with van der Waals surface area (Å²) in [6.07, 6.45) is 0.367. The van der Waals surface area contributed by atoms with Crippen molar-refractivity contribution in [2.24, 2.45) is 0 Å². The van der Waals surface area contributed by atoms with Gasteiger partial charge in [-0.25, -0.2) is 0 Å². The summed E-state index contributed by atoms with van der Waals surface area (Å²) < 4.78 is 5.12. The van der Waals surface area contributed by atoms with Crippen LogP contribution in [0.4, 0.5) is 0 Å². The average Bonchev–Trinajstić information content (AvgIpc) is 2.42. The van der Waals surface area contributed by atoms with Gasteiger partial charge in [-0.2, -0.15) is 5.26 Å². The Morgan fingerprint density at radius 1 is 1.56 bits per heavy atom. The van der Waals surface area contributed by atoms with Gasteiger partial charge in [-0.05, 0) is 18.2 Å². The van der Waals surface area contributed by atoms with Gasteiger partial charge in [0.05, 0.1) is 25.4 Å². The van der Waals surface area contributed by atoms with Crippen LogP contribution in [0.15, 0.2) is 29.2 Å². The number of benzene rings is 1. The fourth-order valence-corrected chi connectivity index (χ4v) is 2.17. The number of nitriles is 1. The molecule has 1 aromatic carbocycles. The summed E-state index contributed by atoms with van der Waals surface area (Å²) in [7, 11) is 3.33. The number of rotatable bonds is 6. The Bertz CT molecular complexity index is 443. The lowest BCUT2D eigenvalue weighted by atomic mass is 10.3. The zero-order chi connectivity index (χ0) is 13.4. The number of carbonyl (C=O) groups is 1. The third-order valence-electron chi connectivity index (χ3n) is 2.39. The SMILES string of the molecule is COc1cccc(SCC(=O)N(C)CCC#N)c1. The molecular weight excluding hydrogens is 248 g/mol. The second-order valence-electron chi connectivity index (χ2n) is 3.69. The molecule has 0 radical (unpaired) electrons. The molecule has 0 atom stereocenters. The van der Waals surface area contributed by atoms with Crippen LogP contribution in [-0.2, 0) is 4.79 Å². The topological polar surface area (TPSA) is 53.3 Å². The number of amides is 1. The highest BCUT2D eigenvalue weighted by molar-refractivity contribution is 8.00. The number of ether oxygens (including phenoxy) is 1. The van der Waals surface area contributed by atoms with E-state index in [1.54, 1.807) is 19.1 Å². The molecular formula is C13H16N2O2S. The molecule has 4 nitrogen and oxygen atoms in total. The van der Waals surface area contributed by atoms with Gasteiger partial charge in [0.2, 0.25) is 5.91 Å². The fraction of sp³-hybridized carbons (Fsp3) is 0.385. The lowest BCUT2D eigenvalue weighted by Gasteiger charge is -2.15. The van der Waals surface area contributed by atoms with Crippen molar-refractivity contribution in [3.8, 4) is 11.8 Å². The molecule has 1 amide bonds. The first-order valence-corrected chi connectivity index (χ1v) is 6.53. The predicted molar refractivity (Wildman–Crippen MR) is 71.6 cm³/mol. The van der Waals surface area contributed by atoms with E-state index in [4.69, 9.17) is 10.00 Å². The Morgan fingerprint density at radius 3 is 3.00 bits per heavy atom. The number of nitrogens with zero attached hydrogens (tertiary/aromatic N) is 2. The first-order chi connectivity index (χ1) is 8.67. The summed E-state index contributed by atoms with van der Waals surface area (Å²) in [5.74, 6) is 1.18. The summed E-state index contributed by atoms with van der Waals surface area (Å²) in [6.45, 7) is 0.480. The second kappa shape index (κ2) is 7.62. The lowest BCUT2D eigenvalue weighted by molar-refractivity contribution is -0.127. The molecule has 0 bridgehead atoms. The van der Waals surface area contributed by atoms with Crippen LogP contribution in [0, 0.1) is 11.3 Å². The molecule has 0 saturated carbocycles. The second-order valence-corrected chi connectivity index (χ2v) is 4.74. The van der Waals surface area contributed by atoms with Crippen LogP contribution in [-0.4, -0.2) is 37.3 Å². The molecule has 0 aliphatic carbocycles. The normalized spacial score (nSPS) is 9.61. The molecule has 0 heterocycles. The van der Waals surface area contributed by atoms with Crippen LogP contribution in [0.3, 0.4) is 0 Å². The van der Waals surface area contributed by atoms with Gasteiger partial charge in [0.1, 0.15) is 5.75 Å². The van der Waals surface area contributed by atoms with Crippen LogP contribution in [0.2, 0.25) is 0 Å². The Hall–Kier alpha value is -1.67. The van der Waals surface area contributed by atoms with Crippen molar-refractivity contribution >= 4 is 17.7 Å². The van der Waals surface area contributed by atoms with E-state index < -0.39 is 0 Å². The number of hydrogen-bond donors (Lipinski definition) is 0. The third-order valence-corrected chi connectivity index (χ3v) is 3.37. The zero-order valence-corrected chi connectivity index (χ0v) is 11.4. The van der Waals surface area contributed by atoms with E-state index in [2.05, 4.69) is 0 Å². The van der Waals surface area contributed by atoms with E-state index in [9.17, 15) is 4.79 Å². The maximum absolute atomic E-state index is 11.7. The molecule has 0 spiro atoms. The molecule has 0 N–H and O–H groups in total. The summed E-state index contributed by atoms with van der Waals surface area (Å²) in [6, 6.07) is 9.62. The van der Waals surface area contributed by atoms with Crippen LogP contribution >= 0.6 is 11.8 Å². The van der Waals surface area contributed by atoms with E-state index in [0.717, 1.165) is 10.6 Å². The van der Waals surface area contributed by atoms with Crippen LogP contribution in [0.1, 0.15) is 6.42 Å². The Kier molecular flexibility index (Phi) is 6.09. The van der Waals surface area contributed by atoms with Gasteiger partial charge in [0.25, 0.3) is 0 Å². The summed E-state index contributed by atoms with van der Waals surface area (Å²) >= 11 is 1.47. The molecule has 0 unspecified atom stereocenters. The van der Waals surface area contributed by atoms with Gasteiger partial charge >= 0.3 is 0 Å². The van der Waals surface area contributed by atoms with E-state index in [0.29, 0.717) is 18.7 Å². The molecule has 18 heavy (non-hydrogen) atoms. The number of hydrogen-bond acceptors (Lipinski definition) is 4. The minimum absolute atomic E-state index is 0.0260. The van der Waals surface area contributed by atoms with Crippen molar-refractivity contribution in [1.29, 1.82) is 5.26 Å². The first-order valence-electron chi connectivity index (χ1n) is 5.55. The lowest BCUT2D eigenvalue weighted by Crippen LogP contribution is -2.29. The van der Waals surface area contributed by atoms with Crippen LogP contribution in [0.25, 0.3) is 0 Å². The molecule has 0 aromatic heterocycles. The van der Waals surface area contributed by atoms with E-state index in [1.165, 1.54) is 11.8 Å². The summed E-state index contributed by atoms with van der Waals surface area (Å²) in [5, 5.41) is 8.46. The van der Waals surface area contributed by atoms with Gasteiger partial charge in [-0.1, -0.05) is 6.07 Å². The molecule has 1 rings (SSSR count). The van der Waals surface area contributed by atoms with E-state index >= 15 is 0 Å². The fourth-order valence-electron chi connectivity index (χ4n) is 1.29. The Balaban J connectivity index is 2.44. The average molecular weight is 264 g/mol. The number of thioether (sulfide) groups is 1. The summed E-state index contributed by atoms with van der Waals surface area (Å²) in [4.78, 5) is 14.3. The van der Waals surface area contributed by atoms with Gasteiger partial charge < -0.3 is 9.64 Å². The van der Waals surface area contributed by atoms with Gasteiger partial charge in [0, 0.05) is 18.5 Å². The maximum Gasteiger partial charge on any atom is 0.232 e. The first kappa shape index (κ1) is 14.4. The maximum atomic E-state index is 11.7.